The number of nitrogens with one attached hydrogen (secondary N) is 1. The molecule has 1 aliphatic rings. The Bertz CT molecular complexity index is 405. The van der Waals surface area contributed by atoms with Crippen molar-refractivity contribution >= 4 is 11.8 Å². The van der Waals surface area contributed by atoms with Crippen LogP contribution in [0.25, 0.3) is 0 Å². The Kier molecular flexibility index (Phi) is 5.64. The van der Waals surface area contributed by atoms with Gasteiger partial charge in [0.15, 0.2) is 11.6 Å². The van der Waals surface area contributed by atoms with E-state index in [4.69, 9.17) is 0 Å². The van der Waals surface area contributed by atoms with E-state index in [2.05, 4.69) is 12.2 Å². The Hall–Kier alpha value is -0.610. The fourth-order valence-corrected chi connectivity index (χ4v) is 3.89. The van der Waals surface area contributed by atoms with Gasteiger partial charge < -0.3 is 5.32 Å². The van der Waals surface area contributed by atoms with Crippen LogP contribution in [0.5, 0.6) is 0 Å². The summed E-state index contributed by atoms with van der Waals surface area (Å²) >= 11 is 1.95. The van der Waals surface area contributed by atoms with E-state index in [0.29, 0.717) is 17.9 Å². The smallest absolute Gasteiger partial charge is 0.162 e. The molecule has 1 heterocycles. The highest BCUT2D eigenvalue weighted by atomic mass is 32.2. The van der Waals surface area contributed by atoms with Crippen molar-refractivity contribution in [2.75, 3.05) is 18.1 Å². The molecule has 1 nitrogen and oxygen atoms in total. The minimum atomic E-state index is -0.743. The van der Waals surface area contributed by atoms with Crippen LogP contribution in [0.2, 0.25) is 0 Å². The summed E-state index contributed by atoms with van der Waals surface area (Å²) in [6.45, 7) is 3.05. The van der Waals surface area contributed by atoms with Crippen LogP contribution < -0.4 is 5.32 Å². The van der Waals surface area contributed by atoms with Gasteiger partial charge in [-0.1, -0.05) is 19.1 Å². The van der Waals surface area contributed by atoms with Gasteiger partial charge in [-0.3, -0.25) is 0 Å². The van der Waals surface area contributed by atoms with Crippen molar-refractivity contribution in [3.63, 3.8) is 0 Å². The molecule has 0 spiro atoms. The van der Waals surface area contributed by atoms with Crippen molar-refractivity contribution in [2.45, 2.75) is 32.2 Å². The summed E-state index contributed by atoms with van der Waals surface area (Å²) in [6.07, 6.45) is 2.81. The molecule has 1 saturated heterocycles. The van der Waals surface area contributed by atoms with Gasteiger partial charge in [0.25, 0.3) is 0 Å². The van der Waals surface area contributed by atoms with E-state index in [1.807, 2.05) is 11.8 Å². The molecule has 2 atom stereocenters. The van der Waals surface area contributed by atoms with Gasteiger partial charge in [0.1, 0.15) is 0 Å². The van der Waals surface area contributed by atoms with Crippen LogP contribution in [0.3, 0.4) is 0 Å². The van der Waals surface area contributed by atoms with Crippen molar-refractivity contribution in [1.29, 1.82) is 0 Å². The third-order valence-corrected chi connectivity index (χ3v) is 4.85. The van der Waals surface area contributed by atoms with Gasteiger partial charge >= 0.3 is 0 Å². The number of hydrogen-bond acceptors (Lipinski definition) is 2. The average Bonchev–Trinajstić information content (AvgIpc) is 2.93. The Labute approximate surface area is 118 Å². The average molecular weight is 285 g/mol. The fourth-order valence-electron chi connectivity index (χ4n) is 2.55. The number of hydrogen-bond donors (Lipinski definition) is 1. The molecule has 1 aromatic carbocycles. The summed E-state index contributed by atoms with van der Waals surface area (Å²) in [5, 5.41) is 3.50. The molecule has 106 valence electrons. The topological polar surface area (TPSA) is 12.0 Å². The van der Waals surface area contributed by atoms with Crippen LogP contribution in [0.15, 0.2) is 18.2 Å². The molecule has 0 bridgehead atoms. The van der Waals surface area contributed by atoms with Gasteiger partial charge in [0.05, 0.1) is 0 Å². The van der Waals surface area contributed by atoms with Crippen molar-refractivity contribution in [3.8, 4) is 0 Å². The van der Waals surface area contributed by atoms with Gasteiger partial charge in [-0.05, 0) is 54.9 Å². The Balaban J connectivity index is 2.07. The van der Waals surface area contributed by atoms with Crippen LogP contribution in [-0.4, -0.2) is 24.1 Å². The molecular formula is C15H21F2NS. The molecule has 0 saturated carbocycles. The van der Waals surface area contributed by atoms with E-state index in [1.54, 1.807) is 12.1 Å². The van der Waals surface area contributed by atoms with Crippen molar-refractivity contribution in [1.82, 2.24) is 5.32 Å². The second kappa shape index (κ2) is 7.25. The van der Waals surface area contributed by atoms with E-state index in [-0.39, 0.29) is 6.04 Å². The van der Waals surface area contributed by atoms with Crippen molar-refractivity contribution in [3.05, 3.63) is 35.4 Å². The molecule has 0 amide bonds. The Morgan fingerprint density at radius 3 is 2.95 bits per heavy atom. The second-order valence-corrected chi connectivity index (χ2v) is 6.25. The zero-order chi connectivity index (χ0) is 13.7. The molecule has 0 radical (unpaired) electrons. The van der Waals surface area contributed by atoms with Crippen LogP contribution in [-0.2, 0) is 6.42 Å². The lowest BCUT2D eigenvalue weighted by Crippen LogP contribution is -2.39. The fraction of sp³-hybridized carbons (Fsp3) is 0.600. The molecule has 2 rings (SSSR count). The first-order valence-electron chi connectivity index (χ1n) is 6.96. The van der Waals surface area contributed by atoms with Gasteiger partial charge in [0, 0.05) is 6.04 Å². The SMILES string of the molecule is CCCNC(Cc1cccc(F)c1F)C1CCSC1. The lowest BCUT2D eigenvalue weighted by Gasteiger charge is -2.24. The summed E-state index contributed by atoms with van der Waals surface area (Å²) in [6, 6.07) is 4.72. The molecule has 0 aliphatic carbocycles. The molecular weight excluding hydrogens is 264 g/mol. The normalized spacial score (nSPS) is 20.7. The first-order chi connectivity index (χ1) is 9.22. The van der Waals surface area contributed by atoms with E-state index < -0.39 is 11.6 Å². The van der Waals surface area contributed by atoms with Crippen LogP contribution >= 0.6 is 11.8 Å². The molecule has 1 aromatic rings. The third kappa shape index (κ3) is 3.93. The van der Waals surface area contributed by atoms with Gasteiger partial charge in [-0.25, -0.2) is 8.78 Å². The van der Waals surface area contributed by atoms with Crippen LogP contribution in [0.1, 0.15) is 25.3 Å². The second-order valence-electron chi connectivity index (χ2n) is 5.10. The van der Waals surface area contributed by atoms with E-state index in [0.717, 1.165) is 18.7 Å². The van der Waals surface area contributed by atoms with Gasteiger partial charge in [-0.2, -0.15) is 11.8 Å². The summed E-state index contributed by atoms with van der Waals surface area (Å²) in [7, 11) is 0. The maximum absolute atomic E-state index is 13.8. The number of thioether (sulfide) groups is 1. The van der Waals surface area contributed by atoms with E-state index >= 15 is 0 Å². The molecule has 1 N–H and O–H groups in total. The predicted molar refractivity (Wildman–Crippen MR) is 77.6 cm³/mol. The Morgan fingerprint density at radius 1 is 1.42 bits per heavy atom. The molecule has 1 aliphatic heterocycles. The molecule has 0 aromatic heterocycles. The van der Waals surface area contributed by atoms with Crippen molar-refractivity contribution in [2.24, 2.45) is 5.92 Å². The zero-order valence-electron chi connectivity index (χ0n) is 11.3. The summed E-state index contributed by atoms with van der Waals surface area (Å²) in [4.78, 5) is 0. The molecule has 19 heavy (non-hydrogen) atoms. The maximum atomic E-state index is 13.8. The van der Waals surface area contributed by atoms with Crippen LogP contribution in [0, 0.1) is 17.6 Å². The number of rotatable bonds is 6. The first-order valence-corrected chi connectivity index (χ1v) is 8.11. The minimum absolute atomic E-state index is 0.256. The third-order valence-electron chi connectivity index (χ3n) is 3.66. The van der Waals surface area contributed by atoms with Gasteiger partial charge in [-0.15, -0.1) is 0 Å². The quantitative estimate of drug-likeness (QED) is 0.856. The monoisotopic (exact) mass is 285 g/mol. The lowest BCUT2D eigenvalue weighted by atomic mass is 9.92. The minimum Gasteiger partial charge on any atom is -0.313 e. The maximum Gasteiger partial charge on any atom is 0.162 e. The molecule has 1 fully saturated rings. The first kappa shape index (κ1) is 14.8. The number of benzene rings is 1. The summed E-state index contributed by atoms with van der Waals surface area (Å²) < 4.78 is 27.0. The highest BCUT2D eigenvalue weighted by molar-refractivity contribution is 7.99. The number of halogens is 2. The highest BCUT2D eigenvalue weighted by Crippen LogP contribution is 2.28. The van der Waals surface area contributed by atoms with E-state index in [1.165, 1.54) is 18.2 Å². The Morgan fingerprint density at radius 2 is 2.26 bits per heavy atom. The largest absolute Gasteiger partial charge is 0.313 e. The summed E-state index contributed by atoms with van der Waals surface area (Å²) in [5.74, 6) is 1.45. The van der Waals surface area contributed by atoms with E-state index in [9.17, 15) is 8.78 Å². The van der Waals surface area contributed by atoms with Crippen molar-refractivity contribution < 1.29 is 8.78 Å². The molecule has 4 heteroatoms. The molecule has 2 unspecified atom stereocenters. The zero-order valence-corrected chi connectivity index (χ0v) is 12.1. The highest BCUT2D eigenvalue weighted by Gasteiger charge is 2.26. The van der Waals surface area contributed by atoms with Gasteiger partial charge in [0.2, 0.25) is 0 Å². The summed E-state index contributed by atoms with van der Waals surface area (Å²) in [5.41, 5.74) is 0.491. The lowest BCUT2D eigenvalue weighted by molar-refractivity contribution is 0.373. The predicted octanol–water partition coefficient (Wildman–Crippen LogP) is 3.63. The van der Waals surface area contributed by atoms with Crippen LogP contribution in [0.4, 0.5) is 8.78 Å². The standard InChI is InChI=1S/C15H21F2NS/c1-2-7-18-14(12-6-8-19-10-12)9-11-4-3-5-13(16)15(11)17/h3-5,12,14,18H,2,6-10H2,1H3.